The molecule has 12 heteroatoms. The summed E-state index contributed by atoms with van der Waals surface area (Å²) in [6, 6.07) is 20.5. The van der Waals surface area contributed by atoms with Gasteiger partial charge in [0.15, 0.2) is 5.95 Å². The Morgan fingerprint density at radius 2 is 1.95 bits per heavy atom. The summed E-state index contributed by atoms with van der Waals surface area (Å²) in [4.78, 5) is 32.2. The van der Waals surface area contributed by atoms with Crippen LogP contribution in [0.15, 0.2) is 71.3 Å². The van der Waals surface area contributed by atoms with Gasteiger partial charge in [0, 0.05) is 29.9 Å². The molecule has 1 aliphatic rings. The van der Waals surface area contributed by atoms with Gasteiger partial charge in [-0.15, -0.1) is 11.3 Å². The Kier molecular flexibility index (Phi) is 7.55. The highest BCUT2D eigenvalue weighted by Gasteiger charge is 2.34. The summed E-state index contributed by atoms with van der Waals surface area (Å²) in [6.07, 6.45) is -1.14. The maximum absolute atomic E-state index is 13.2. The van der Waals surface area contributed by atoms with Crippen LogP contribution in [0.4, 0.5) is 5.69 Å². The third-order valence-electron chi connectivity index (χ3n) is 6.95. The SMILES string of the molecule is COc1ccc(-[n+]2noc([O-])c2CN2CCOC(CC(=O)Nc3ccc(-c4nc5ccc(C)cc5s4)cc3)C2=O)cc1. The summed E-state index contributed by atoms with van der Waals surface area (Å²) < 4.78 is 18.2. The molecule has 11 nitrogen and oxygen atoms in total. The van der Waals surface area contributed by atoms with Crippen molar-refractivity contribution < 1.29 is 33.4 Å². The van der Waals surface area contributed by atoms with Gasteiger partial charge in [-0.25, -0.2) is 4.98 Å². The van der Waals surface area contributed by atoms with Gasteiger partial charge in [0.25, 0.3) is 11.6 Å². The Bertz CT molecular complexity index is 1750. The highest BCUT2D eigenvalue weighted by Crippen LogP contribution is 2.31. The third kappa shape index (κ3) is 5.67. The number of carbonyl (C=O) groups excluding carboxylic acids is 2. The predicted octanol–water partition coefficient (Wildman–Crippen LogP) is 3.37. The number of methoxy groups -OCH3 is 1. The molecule has 2 amide bonds. The number of aryl methyl sites for hydroxylation is 1. The lowest BCUT2D eigenvalue weighted by Gasteiger charge is -2.31. The number of nitrogens with one attached hydrogen (secondary N) is 1. The Balaban J connectivity index is 1.09. The average molecular weight is 586 g/mol. The molecule has 5 aromatic rings. The zero-order chi connectivity index (χ0) is 29.2. The number of hydrogen-bond acceptors (Lipinski definition) is 9. The third-order valence-corrected chi connectivity index (χ3v) is 8.02. The van der Waals surface area contributed by atoms with Crippen molar-refractivity contribution >= 4 is 39.1 Å². The maximum atomic E-state index is 13.2. The van der Waals surface area contributed by atoms with Crippen LogP contribution in [-0.4, -0.2) is 53.3 Å². The van der Waals surface area contributed by atoms with Crippen LogP contribution in [0.2, 0.25) is 0 Å². The first-order chi connectivity index (χ1) is 20.4. The van der Waals surface area contributed by atoms with Gasteiger partial charge in [0.1, 0.15) is 23.4 Å². The lowest BCUT2D eigenvalue weighted by Crippen LogP contribution is -2.50. The molecule has 0 radical (unpaired) electrons. The van der Waals surface area contributed by atoms with E-state index in [0.29, 0.717) is 17.1 Å². The monoisotopic (exact) mass is 585 g/mol. The van der Waals surface area contributed by atoms with Gasteiger partial charge in [-0.3, -0.25) is 9.59 Å². The number of amides is 2. The van der Waals surface area contributed by atoms with Crippen LogP contribution < -0.4 is 19.8 Å². The van der Waals surface area contributed by atoms with Gasteiger partial charge >= 0.3 is 0 Å². The molecule has 3 heterocycles. The molecule has 1 fully saturated rings. The molecule has 1 saturated heterocycles. The van der Waals surface area contributed by atoms with Crippen LogP contribution in [0.25, 0.3) is 26.5 Å². The van der Waals surface area contributed by atoms with E-state index in [1.54, 1.807) is 54.8 Å². The molecule has 6 rings (SSSR count). The molecular weight excluding hydrogens is 558 g/mol. The number of anilines is 1. The smallest absolute Gasteiger partial charge is 0.259 e. The molecule has 0 aliphatic carbocycles. The summed E-state index contributed by atoms with van der Waals surface area (Å²) >= 11 is 1.62. The predicted molar refractivity (Wildman–Crippen MR) is 152 cm³/mol. The molecule has 0 spiro atoms. The second-order valence-electron chi connectivity index (χ2n) is 9.86. The van der Waals surface area contributed by atoms with Crippen molar-refractivity contribution in [3.63, 3.8) is 0 Å². The van der Waals surface area contributed by atoms with E-state index >= 15 is 0 Å². The minimum absolute atomic E-state index is 0.0402. The first-order valence-electron chi connectivity index (χ1n) is 13.3. The minimum atomic E-state index is -0.978. The summed E-state index contributed by atoms with van der Waals surface area (Å²) in [5, 5.41) is 20.0. The lowest BCUT2D eigenvalue weighted by molar-refractivity contribution is -0.678. The average Bonchev–Trinajstić information content (AvgIpc) is 3.58. The van der Waals surface area contributed by atoms with E-state index in [9.17, 15) is 14.7 Å². The van der Waals surface area contributed by atoms with E-state index < -0.39 is 12.1 Å². The quantitative estimate of drug-likeness (QED) is 0.274. The highest BCUT2D eigenvalue weighted by atomic mass is 32.1. The van der Waals surface area contributed by atoms with Crippen LogP contribution >= 0.6 is 11.3 Å². The molecule has 0 bridgehead atoms. The molecule has 3 aromatic carbocycles. The fourth-order valence-corrected chi connectivity index (χ4v) is 5.80. The fraction of sp³-hybridized carbons (Fsp3) is 0.233. The van der Waals surface area contributed by atoms with Crippen LogP contribution in [0.3, 0.4) is 0 Å². The molecule has 2 aromatic heterocycles. The molecule has 42 heavy (non-hydrogen) atoms. The number of rotatable bonds is 8. The summed E-state index contributed by atoms with van der Waals surface area (Å²) in [5.74, 6) is -0.750. The zero-order valence-corrected chi connectivity index (χ0v) is 23.7. The summed E-state index contributed by atoms with van der Waals surface area (Å²) in [6.45, 7) is 2.50. The van der Waals surface area contributed by atoms with Gasteiger partial charge in [-0.05, 0) is 65.7 Å². The first kappa shape index (κ1) is 27.4. The van der Waals surface area contributed by atoms with E-state index in [2.05, 4.69) is 23.6 Å². The Morgan fingerprint density at radius 1 is 1.17 bits per heavy atom. The number of nitrogens with zero attached hydrogens (tertiary/aromatic N) is 4. The van der Waals surface area contributed by atoms with Crippen LogP contribution in [0.5, 0.6) is 11.7 Å². The van der Waals surface area contributed by atoms with E-state index in [0.717, 1.165) is 20.8 Å². The number of hydrogen-bond donors (Lipinski definition) is 1. The van der Waals surface area contributed by atoms with Crippen molar-refractivity contribution in [3.05, 3.63) is 78.0 Å². The van der Waals surface area contributed by atoms with Gasteiger partial charge < -0.3 is 29.3 Å². The second kappa shape index (κ2) is 11.6. The zero-order valence-electron chi connectivity index (χ0n) is 22.9. The Labute approximate surface area is 244 Å². The number of fused-ring (bicyclic) bond motifs is 1. The van der Waals surface area contributed by atoms with E-state index in [-0.39, 0.29) is 43.6 Å². The van der Waals surface area contributed by atoms with Gasteiger partial charge in [0.2, 0.25) is 11.6 Å². The number of aromatic nitrogens is 3. The van der Waals surface area contributed by atoms with Crippen molar-refractivity contribution in [2.75, 3.05) is 25.6 Å². The van der Waals surface area contributed by atoms with Crippen molar-refractivity contribution in [3.8, 4) is 28.0 Å². The van der Waals surface area contributed by atoms with E-state index in [1.165, 1.54) is 15.1 Å². The molecule has 1 atom stereocenters. The molecule has 1 unspecified atom stereocenters. The number of benzene rings is 3. The number of thiazole rings is 1. The van der Waals surface area contributed by atoms with Crippen molar-refractivity contribution in [2.45, 2.75) is 26.0 Å². The van der Waals surface area contributed by atoms with Gasteiger partial charge in [-0.2, -0.15) is 0 Å². The van der Waals surface area contributed by atoms with E-state index in [4.69, 9.17) is 19.0 Å². The second-order valence-corrected chi connectivity index (χ2v) is 10.9. The molecule has 1 aliphatic heterocycles. The molecule has 1 N–H and O–H groups in total. The summed E-state index contributed by atoms with van der Waals surface area (Å²) in [7, 11) is 1.56. The van der Waals surface area contributed by atoms with Crippen LogP contribution in [0.1, 0.15) is 17.7 Å². The maximum Gasteiger partial charge on any atom is 0.259 e. The Hall–Kier alpha value is -4.81. The topological polar surface area (TPSA) is 134 Å². The van der Waals surface area contributed by atoms with Crippen LogP contribution in [0, 0.1) is 6.92 Å². The fourth-order valence-electron chi connectivity index (χ4n) is 4.73. The largest absolute Gasteiger partial charge is 0.539 e. The normalized spacial score (nSPS) is 15.2. The van der Waals surface area contributed by atoms with E-state index in [1.807, 2.05) is 24.3 Å². The standard InChI is InChI=1S/C30H27N5O6S/c1-18-3-12-23-26(15-18)42-28(32-23)19-4-6-20(7-5-19)31-27(36)16-25-29(37)34(13-14-40-25)17-24-30(38)41-33-35(24)21-8-10-22(39-2)11-9-21/h3-12,15,25H,13-14,16-17H2,1-2H3,(H-,31,32,33,36,38). The van der Waals surface area contributed by atoms with Crippen LogP contribution in [-0.2, 0) is 20.9 Å². The molecule has 0 saturated carbocycles. The number of carbonyl (C=O) groups is 2. The van der Waals surface area contributed by atoms with Gasteiger partial charge in [0.05, 0.1) is 35.6 Å². The molecule has 214 valence electrons. The first-order valence-corrected chi connectivity index (χ1v) is 14.1. The molecular formula is C30H27N5O6S. The van der Waals surface area contributed by atoms with Crippen molar-refractivity contribution in [1.82, 2.24) is 15.2 Å². The van der Waals surface area contributed by atoms with Crippen molar-refractivity contribution in [2.24, 2.45) is 0 Å². The Morgan fingerprint density at radius 3 is 2.71 bits per heavy atom. The highest BCUT2D eigenvalue weighted by molar-refractivity contribution is 7.21. The lowest BCUT2D eigenvalue weighted by atomic mass is 10.1. The number of morpholine rings is 1. The summed E-state index contributed by atoms with van der Waals surface area (Å²) in [5.41, 5.74) is 4.45. The van der Waals surface area contributed by atoms with Gasteiger partial charge in [-0.1, -0.05) is 6.07 Å². The number of ether oxygens (including phenoxy) is 2. The minimum Gasteiger partial charge on any atom is -0.539 e. The van der Waals surface area contributed by atoms with Crippen molar-refractivity contribution in [1.29, 1.82) is 0 Å².